The molecule has 3 atom stereocenters. The number of fused-ring (bicyclic) bond motifs is 1. The van der Waals surface area contributed by atoms with Crippen LogP contribution in [0, 0.1) is 12.8 Å². The van der Waals surface area contributed by atoms with Gasteiger partial charge in [0.2, 0.25) is 11.8 Å². The molecule has 8 rings (SSSR count). The van der Waals surface area contributed by atoms with Gasteiger partial charge < -0.3 is 29.9 Å². The number of carbonyl (C=O) groups excluding carboxylic acids is 2. The van der Waals surface area contributed by atoms with E-state index in [0.29, 0.717) is 35.8 Å². The van der Waals surface area contributed by atoms with E-state index in [2.05, 4.69) is 41.6 Å². The zero-order valence-corrected chi connectivity index (χ0v) is 31.1. The van der Waals surface area contributed by atoms with Crippen LogP contribution in [0.2, 0.25) is 0 Å². The van der Waals surface area contributed by atoms with Gasteiger partial charge in [0.1, 0.15) is 23.5 Å². The Bertz CT molecular complexity index is 2290. The third-order valence-corrected chi connectivity index (χ3v) is 11.4. The second kappa shape index (κ2) is 14.8. The number of benzene rings is 2. The first kappa shape index (κ1) is 35.6. The Morgan fingerprint density at radius 1 is 1.06 bits per heavy atom. The van der Waals surface area contributed by atoms with E-state index in [1.165, 1.54) is 4.90 Å². The van der Waals surface area contributed by atoms with E-state index < -0.39 is 18.1 Å². The normalized spacial score (nSPS) is 18.4. The monoisotopic (exact) mass is 746 g/mol. The maximum Gasteiger partial charge on any atom is 0.243 e. The summed E-state index contributed by atoms with van der Waals surface area (Å²) in [6.45, 7) is 8.50. The molecule has 2 amide bonds. The number of β-amino-alcohol motifs (C(OH)–C–C–N with tert-alkyl or cyclic N) is 1. The molecule has 54 heavy (non-hydrogen) atoms. The SMILES string of the molecule is Cc1ncsc1-c1ccc(CNC(=O)[C@@H]2C[C@@H](O)CN2C(=O)[C@@H](c2cc(C3CN(Cc4cc5cc(-c6ccccc6O)nnc5[nH]4)C3)no2)C(C)C)cc1. The van der Waals surface area contributed by atoms with E-state index >= 15 is 0 Å². The van der Waals surface area contributed by atoms with Crippen molar-refractivity contribution in [3.63, 3.8) is 0 Å². The minimum atomic E-state index is -0.797. The molecule has 6 aromatic rings. The predicted molar refractivity (Wildman–Crippen MR) is 203 cm³/mol. The molecule has 6 heterocycles. The summed E-state index contributed by atoms with van der Waals surface area (Å²) in [4.78, 5) is 40.2. The van der Waals surface area contributed by atoms with Crippen LogP contribution in [0.15, 0.2) is 76.8 Å². The number of aromatic amines is 1. The second-order valence-corrected chi connectivity index (χ2v) is 15.5. The van der Waals surface area contributed by atoms with Crippen LogP contribution >= 0.6 is 11.3 Å². The molecule has 2 aromatic carbocycles. The summed E-state index contributed by atoms with van der Waals surface area (Å²) in [5.41, 5.74) is 8.55. The van der Waals surface area contributed by atoms with E-state index in [4.69, 9.17) is 4.52 Å². The molecule has 0 unspecified atom stereocenters. The number of rotatable bonds is 11. The largest absolute Gasteiger partial charge is 0.507 e. The number of aromatic hydroxyl groups is 1. The number of nitrogens with zero attached hydrogens (tertiary/aromatic N) is 6. The fourth-order valence-electron chi connectivity index (χ4n) is 7.55. The lowest BCUT2D eigenvalue weighted by Gasteiger charge is -2.37. The van der Waals surface area contributed by atoms with Crippen molar-refractivity contribution >= 4 is 34.2 Å². The lowest BCUT2D eigenvalue weighted by atomic mass is 9.89. The molecule has 4 N–H and O–H groups in total. The van der Waals surface area contributed by atoms with E-state index in [0.717, 1.165) is 51.6 Å². The Balaban J connectivity index is 0.880. The molecular formula is C40H42N8O5S. The number of amides is 2. The molecule has 2 aliphatic rings. The molecule has 0 saturated carbocycles. The Kier molecular flexibility index (Phi) is 9.73. The molecule has 4 aromatic heterocycles. The summed E-state index contributed by atoms with van der Waals surface area (Å²) in [7, 11) is 0. The number of H-pyrrole nitrogens is 1. The van der Waals surface area contributed by atoms with Gasteiger partial charge >= 0.3 is 0 Å². The molecule has 0 bridgehead atoms. The smallest absolute Gasteiger partial charge is 0.243 e. The van der Waals surface area contributed by atoms with Crippen molar-refractivity contribution in [2.75, 3.05) is 19.6 Å². The lowest BCUT2D eigenvalue weighted by molar-refractivity contribution is -0.141. The molecule has 0 radical (unpaired) electrons. The van der Waals surface area contributed by atoms with Gasteiger partial charge in [-0.25, -0.2) is 4.98 Å². The minimum Gasteiger partial charge on any atom is -0.507 e. The lowest BCUT2D eigenvalue weighted by Crippen LogP contribution is -2.48. The topological polar surface area (TPSA) is 174 Å². The van der Waals surface area contributed by atoms with Crippen LogP contribution in [0.1, 0.15) is 60.5 Å². The summed E-state index contributed by atoms with van der Waals surface area (Å²) in [5, 5.41) is 37.8. The van der Waals surface area contributed by atoms with Gasteiger partial charge in [-0.2, -0.15) is 0 Å². The number of aliphatic hydroxyl groups excluding tert-OH is 1. The summed E-state index contributed by atoms with van der Waals surface area (Å²) >= 11 is 1.59. The van der Waals surface area contributed by atoms with Gasteiger partial charge in [-0.1, -0.05) is 55.4 Å². The maximum atomic E-state index is 14.1. The minimum absolute atomic E-state index is 0.0804. The van der Waals surface area contributed by atoms with E-state index in [9.17, 15) is 19.8 Å². The third kappa shape index (κ3) is 7.11. The van der Waals surface area contributed by atoms with Gasteiger partial charge in [0.25, 0.3) is 0 Å². The number of phenols is 1. The average molecular weight is 747 g/mol. The number of hydrogen-bond acceptors (Lipinski definition) is 11. The van der Waals surface area contributed by atoms with Crippen molar-refractivity contribution in [2.45, 2.75) is 64.3 Å². The quantitative estimate of drug-likeness (QED) is 0.135. The number of likely N-dealkylation sites (tertiary alicyclic amines) is 2. The fourth-order valence-corrected chi connectivity index (χ4v) is 8.36. The van der Waals surface area contributed by atoms with Crippen molar-refractivity contribution in [1.82, 2.24) is 40.4 Å². The summed E-state index contributed by atoms with van der Waals surface area (Å²) < 4.78 is 5.83. The summed E-state index contributed by atoms with van der Waals surface area (Å²) in [6.07, 6.45) is -0.624. The highest BCUT2D eigenvalue weighted by Gasteiger charge is 2.43. The van der Waals surface area contributed by atoms with Crippen molar-refractivity contribution in [1.29, 1.82) is 0 Å². The molecular weight excluding hydrogens is 705 g/mol. The van der Waals surface area contributed by atoms with E-state index in [1.807, 2.05) is 74.8 Å². The Hall–Kier alpha value is -5.44. The molecule has 2 aliphatic heterocycles. The maximum absolute atomic E-state index is 14.1. The first-order chi connectivity index (χ1) is 26.1. The predicted octanol–water partition coefficient (Wildman–Crippen LogP) is 5.37. The van der Waals surface area contributed by atoms with Crippen molar-refractivity contribution in [3.8, 4) is 27.4 Å². The zero-order chi connectivity index (χ0) is 37.5. The van der Waals surface area contributed by atoms with Crippen LogP contribution in [0.25, 0.3) is 32.7 Å². The zero-order valence-electron chi connectivity index (χ0n) is 30.3. The van der Waals surface area contributed by atoms with Gasteiger partial charge in [0.15, 0.2) is 5.65 Å². The molecule has 14 heteroatoms. The van der Waals surface area contributed by atoms with Crippen LogP contribution in [0.5, 0.6) is 5.75 Å². The number of hydrogen-bond donors (Lipinski definition) is 4. The van der Waals surface area contributed by atoms with Gasteiger partial charge in [0, 0.05) is 67.8 Å². The number of aryl methyl sites for hydroxylation is 1. The van der Waals surface area contributed by atoms with Crippen molar-refractivity contribution in [2.24, 2.45) is 5.92 Å². The van der Waals surface area contributed by atoms with E-state index in [-0.39, 0.29) is 42.4 Å². The fraction of sp³-hybridized carbons (Fsp3) is 0.350. The van der Waals surface area contributed by atoms with Gasteiger partial charge in [-0.15, -0.1) is 21.5 Å². The first-order valence-electron chi connectivity index (χ1n) is 18.2. The average Bonchev–Trinajstić information content (AvgIpc) is 3.96. The van der Waals surface area contributed by atoms with Crippen LogP contribution in [0.3, 0.4) is 0 Å². The number of nitrogens with one attached hydrogen (secondary N) is 2. The van der Waals surface area contributed by atoms with Crippen LogP contribution < -0.4 is 5.32 Å². The van der Waals surface area contributed by atoms with Gasteiger partial charge in [-0.05, 0) is 48.2 Å². The number of phenolic OH excluding ortho intramolecular Hbond substituents is 1. The van der Waals surface area contributed by atoms with Crippen LogP contribution in [0.4, 0.5) is 0 Å². The van der Waals surface area contributed by atoms with Gasteiger partial charge in [0.05, 0.1) is 33.6 Å². The molecule has 0 spiro atoms. The van der Waals surface area contributed by atoms with Crippen LogP contribution in [-0.2, 0) is 22.7 Å². The molecule has 278 valence electrons. The number of aliphatic hydroxyl groups is 1. The Morgan fingerprint density at radius 2 is 1.85 bits per heavy atom. The number of thiazole rings is 1. The van der Waals surface area contributed by atoms with Crippen molar-refractivity contribution < 1.29 is 24.3 Å². The highest BCUT2D eigenvalue weighted by molar-refractivity contribution is 7.13. The number of para-hydroxylation sites is 1. The molecule has 0 aliphatic carbocycles. The Labute approximate surface area is 316 Å². The van der Waals surface area contributed by atoms with E-state index in [1.54, 1.807) is 23.5 Å². The van der Waals surface area contributed by atoms with Crippen molar-refractivity contribution in [3.05, 3.63) is 101 Å². The third-order valence-electron chi connectivity index (χ3n) is 10.5. The molecule has 13 nitrogen and oxygen atoms in total. The number of aromatic nitrogens is 5. The summed E-state index contributed by atoms with van der Waals surface area (Å²) in [6, 6.07) is 20.1. The van der Waals surface area contributed by atoms with Crippen LogP contribution in [-0.4, -0.2) is 88.9 Å². The standard InChI is InChI=1S/C40H42N8O5S/c1-22(2)36(40(52)48-20-29(49)14-33(48)39(51)41-16-24-8-10-25(11-9-24)37-23(3)42-21-54-37)35-15-31(46-53-35)27-17-47(18-27)19-28-12-26-13-32(44-45-38(26)43-28)30-6-4-5-7-34(30)50/h4-13,15,21-22,27,29,33,36,49-50H,14,16-20H2,1-3H3,(H,41,51)(H,43,45)/t29-,33+,36-/m1/s1. The molecule has 2 fully saturated rings. The first-order valence-corrected chi connectivity index (χ1v) is 19.1. The summed E-state index contributed by atoms with van der Waals surface area (Å²) in [5.74, 6) is -0.556. The highest BCUT2D eigenvalue weighted by atomic mass is 32.1. The van der Waals surface area contributed by atoms with Gasteiger partial charge in [-0.3, -0.25) is 14.5 Å². The molecule has 2 saturated heterocycles. The highest BCUT2D eigenvalue weighted by Crippen LogP contribution is 2.35. The Morgan fingerprint density at radius 3 is 2.59 bits per heavy atom. The second-order valence-electron chi connectivity index (χ2n) is 14.7. The number of carbonyl (C=O) groups is 2.